The molecule has 2 aromatic heterocycles. The highest BCUT2D eigenvalue weighted by molar-refractivity contribution is 7.15. The first-order valence-electron chi connectivity index (χ1n) is 11.6. The van der Waals surface area contributed by atoms with Crippen molar-refractivity contribution in [1.29, 1.82) is 0 Å². The summed E-state index contributed by atoms with van der Waals surface area (Å²) in [5.41, 5.74) is 2.00. The summed E-state index contributed by atoms with van der Waals surface area (Å²) >= 11 is 2.99. The molecule has 1 aliphatic carbocycles. The number of hydrogen-bond acceptors (Lipinski definition) is 8. The van der Waals surface area contributed by atoms with E-state index in [0.29, 0.717) is 36.2 Å². The van der Waals surface area contributed by atoms with E-state index in [0.717, 1.165) is 45.4 Å². The molecular formula is C26H25N5O2S2. The fourth-order valence-electron chi connectivity index (χ4n) is 4.09. The maximum atomic E-state index is 12.3. The standard InChI is InChI=1S/C26H25N5O2S2/c32-21(11-17-7-3-1-4-8-17)16-25-29-28-23(34-25)14-19-13-20(19)15-24-30-31-26(35-24)27-22(33)12-18-9-5-2-6-10-18/h1-10,19-20H,11-16H2,(H,27,31,33)/t19-,20-/m1/s1. The lowest BCUT2D eigenvalue weighted by Crippen LogP contribution is -2.14. The van der Waals surface area contributed by atoms with E-state index in [1.807, 2.05) is 60.7 Å². The van der Waals surface area contributed by atoms with Crippen LogP contribution < -0.4 is 5.32 Å². The third-order valence-corrected chi connectivity index (χ3v) is 7.77. The van der Waals surface area contributed by atoms with Crippen LogP contribution in [0.25, 0.3) is 0 Å². The van der Waals surface area contributed by atoms with Crippen molar-refractivity contribution in [2.24, 2.45) is 11.8 Å². The lowest BCUT2D eigenvalue weighted by molar-refractivity contribution is -0.118. The van der Waals surface area contributed by atoms with Gasteiger partial charge in [0, 0.05) is 19.3 Å². The first-order valence-corrected chi connectivity index (χ1v) is 13.3. The van der Waals surface area contributed by atoms with Crippen LogP contribution in [0.15, 0.2) is 60.7 Å². The van der Waals surface area contributed by atoms with E-state index < -0.39 is 0 Å². The van der Waals surface area contributed by atoms with Crippen LogP contribution in [-0.2, 0) is 41.7 Å². The van der Waals surface area contributed by atoms with Crippen LogP contribution in [0.5, 0.6) is 0 Å². The molecule has 2 atom stereocenters. The van der Waals surface area contributed by atoms with Gasteiger partial charge in [0.2, 0.25) is 11.0 Å². The summed E-state index contributed by atoms with van der Waals surface area (Å²) in [7, 11) is 0. The number of rotatable bonds is 11. The third kappa shape index (κ3) is 6.86. The molecular weight excluding hydrogens is 478 g/mol. The minimum atomic E-state index is -0.0856. The summed E-state index contributed by atoms with van der Waals surface area (Å²) in [6.07, 6.45) is 3.95. The fraction of sp³-hybridized carbons (Fsp3) is 0.308. The second kappa shape index (κ2) is 11.0. The number of aromatic nitrogens is 4. The molecule has 2 aromatic carbocycles. The smallest absolute Gasteiger partial charge is 0.230 e. The van der Waals surface area contributed by atoms with Gasteiger partial charge in [-0.3, -0.25) is 9.59 Å². The fourth-order valence-corrected chi connectivity index (χ4v) is 5.90. The number of amides is 1. The normalized spacial score (nSPS) is 16.7. The quantitative estimate of drug-likeness (QED) is 0.327. The van der Waals surface area contributed by atoms with E-state index in [1.54, 1.807) is 11.3 Å². The van der Waals surface area contributed by atoms with Gasteiger partial charge in [-0.15, -0.1) is 31.7 Å². The monoisotopic (exact) mass is 503 g/mol. The van der Waals surface area contributed by atoms with Crippen molar-refractivity contribution >= 4 is 39.5 Å². The Morgan fingerprint density at radius 1 is 0.714 bits per heavy atom. The van der Waals surface area contributed by atoms with Crippen molar-refractivity contribution in [3.05, 3.63) is 86.8 Å². The third-order valence-electron chi connectivity index (χ3n) is 5.96. The van der Waals surface area contributed by atoms with Gasteiger partial charge < -0.3 is 5.32 Å². The maximum absolute atomic E-state index is 12.3. The summed E-state index contributed by atoms with van der Waals surface area (Å²) < 4.78 is 0. The van der Waals surface area contributed by atoms with E-state index in [-0.39, 0.29) is 11.7 Å². The van der Waals surface area contributed by atoms with Gasteiger partial charge in [0.1, 0.15) is 20.8 Å². The molecule has 0 aliphatic heterocycles. The highest BCUT2D eigenvalue weighted by atomic mass is 32.1. The van der Waals surface area contributed by atoms with Crippen LogP contribution in [0.1, 0.15) is 32.6 Å². The van der Waals surface area contributed by atoms with Crippen LogP contribution in [0.2, 0.25) is 0 Å². The van der Waals surface area contributed by atoms with E-state index >= 15 is 0 Å². The number of Topliss-reactive ketones (excluding diaryl/α,β-unsaturated/α-hetero) is 1. The number of anilines is 1. The summed E-state index contributed by atoms with van der Waals surface area (Å²) in [4.78, 5) is 24.6. The molecule has 7 nitrogen and oxygen atoms in total. The molecule has 4 aromatic rings. The number of nitrogens with one attached hydrogen (secondary N) is 1. The van der Waals surface area contributed by atoms with E-state index in [9.17, 15) is 9.59 Å². The molecule has 0 spiro atoms. The molecule has 1 amide bonds. The Kier molecular flexibility index (Phi) is 7.34. The largest absolute Gasteiger partial charge is 0.300 e. The highest BCUT2D eigenvalue weighted by Gasteiger charge is 2.38. The van der Waals surface area contributed by atoms with Crippen molar-refractivity contribution in [2.75, 3.05) is 5.32 Å². The first-order chi connectivity index (χ1) is 17.1. The number of carbonyl (C=O) groups excluding carboxylic acids is 2. The topological polar surface area (TPSA) is 97.7 Å². The number of nitrogens with zero attached hydrogens (tertiary/aromatic N) is 4. The molecule has 1 saturated carbocycles. The molecule has 2 heterocycles. The molecule has 0 bridgehead atoms. The Morgan fingerprint density at radius 3 is 1.97 bits per heavy atom. The predicted octanol–water partition coefficient (Wildman–Crippen LogP) is 4.35. The Labute approximate surface area is 211 Å². The van der Waals surface area contributed by atoms with Crippen molar-refractivity contribution in [1.82, 2.24) is 20.4 Å². The lowest BCUT2D eigenvalue weighted by Gasteiger charge is -2.00. The molecule has 35 heavy (non-hydrogen) atoms. The van der Waals surface area contributed by atoms with E-state index in [4.69, 9.17) is 0 Å². The molecule has 0 unspecified atom stereocenters. The number of carbonyl (C=O) groups is 2. The Bertz CT molecular complexity index is 1190. The molecule has 9 heteroatoms. The van der Waals surface area contributed by atoms with Crippen LogP contribution in [-0.4, -0.2) is 32.1 Å². The van der Waals surface area contributed by atoms with Gasteiger partial charge in [-0.25, -0.2) is 0 Å². The van der Waals surface area contributed by atoms with Crippen molar-refractivity contribution in [2.45, 2.75) is 38.5 Å². The second-order valence-electron chi connectivity index (χ2n) is 8.84. The van der Waals surface area contributed by atoms with Gasteiger partial charge in [0.25, 0.3) is 0 Å². The average Bonchev–Trinajstić information content (AvgIpc) is 3.18. The van der Waals surface area contributed by atoms with Crippen molar-refractivity contribution in [3.63, 3.8) is 0 Å². The molecule has 0 radical (unpaired) electrons. The van der Waals surface area contributed by atoms with Crippen LogP contribution in [0, 0.1) is 11.8 Å². The second-order valence-corrected chi connectivity index (χ2v) is 11.1. The zero-order chi connectivity index (χ0) is 24.0. The number of ketones is 1. The highest BCUT2D eigenvalue weighted by Crippen LogP contribution is 2.44. The molecule has 1 aliphatic rings. The van der Waals surface area contributed by atoms with Gasteiger partial charge in [-0.1, -0.05) is 72.0 Å². The molecule has 0 saturated heterocycles. The van der Waals surface area contributed by atoms with Gasteiger partial charge >= 0.3 is 0 Å². The van der Waals surface area contributed by atoms with Gasteiger partial charge in [-0.05, 0) is 29.4 Å². The lowest BCUT2D eigenvalue weighted by atomic mass is 10.1. The minimum absolute atomic E-state index is 0.0856. The van der Waals surface area contributed by atoms with E-state index in [2.05, 4.69) is 25.7 Å². The first kappa shape index (κ1) is 23.4. The summed E-state index contributed by atoms with van der Waals surface area (Å²) in [5, 5.41) is 23.1. The van der Waals surface area contributed by atoms with Crippen molar-refractivity contribution in [3.8, 4) is 0 Å². The Hall–Kier alpha value is -3.30. The van der Waals surface area contributed by atoms with Crippen LogP contribution in [0.4, 0.5) is 5.13 Å². The summed E-state index contributed by atoms with van der Waals surface area (Å²) in [5.74, 6) is 1.17. The van der Waals surface area contributed by atoms with Gasteiger partial charge in [0.05, 0.1) is 12.8 Å². The van der Waals surface area contributed by atoms with E-state index in [1.165, 1.54) is 11.3 Å². The molecule has 1 N–H and O–H groups in total. The van der Waals surface area contributed by atoms with Crippen molar-refractivity contribution < 1.29 is 9.59 Å². The average molecular weight is 504 g/mol. The number of benzene rings is 2. The minimum Gasteiger partial charge on any atom is -0.300 e. The predicted molar refractivity (Wildman–Crippen MR) is 136 cm³/mol. The van der Waals surface area contributed by atoms with Crippen LogP contribution in [0.3, 0.4) is 0 Å². The molecule has 178 valence electrons. The zero-order valence-electron chi connectivity index (χ0n) is 19.1. The summed E-state index contributed by atoms with van der Waals surface area (Å²) in [6, 6.07) is 19.4. The van der Waals surface area contributed by atoms with Gasteiger partial charge in [-0.2, -0.15) is 0 Å². The van der Waals surface area contributed by atoms with Crippen LogP contribution >= 0.6 is 22.7 Å². The maximum Gasteiger partial charge on any atom is 0.230 e. The zero-order valence-corrected chi connectivity index (χ0v) is 20.7. The number of hydrogen-bond donors (Lipinski definition) is 1. The van der Waals surface area contributed by atoms with Gasteiger partial charge in [0.15, 0.2) is 0 Å². The SMILES string of the molecule is O=C(Cc1ccccc1)Cc1nnc(C[C@H]2C[C@@H]2Cc2nnc(NC(=O)Cc3ccccc3)s2)s1. The molecule has 1 fully saturated rings. The molecule has 5 rings (SSSR count). The summed E-state index contributed by atoms with van der Waals surface area (Å²) in [6.45, 7) is 0. The Balaban J connectivity index is 1.05. The Morgan fingerprint density at radius 2 is 1.29 bits per heavy atom.